The number of piperidine rings is 1. The third-order valence-electron chi connectivity index (χ3n) is 2.93. The normalized spacial score (nSPS) is 23.2. The molecule has 0 aromatic rings. The van der Waals surface area contributed by atoms with E-state index in [0.717, 1.165) is 5.57 Å². The number of carboxylic acid groups (broad SMARTS) is 1. The number of hydrogen-bond donors (Lipinski definition) is 1. The standard InChI is InChI=1S/C11H17NO4/c1-3-8-7-12(11(14)15)5-4-9(8)6-10(13)16-2/h3,9H,4-7H2,1-2H3,(H,14,15)/b8-3+. The molecule has 1 aliphatic heterocycles. The number of allylic oxidation sites excluding steroid dienone is 1. The first-order valence-electron chi connectivity index (χ1n) is 5.28. The molecule has 0 aliphatic carbocycles. The van der Waals surface area contributed by atoms with E-state index in [-0.39, 0.29) is 11.9 Å². The second-order valence-corrected chi connectivity index (χ2v) is 3.83. The van der Waals surface area contributed by atoms with Gasteiger partial charge in [-0.3, -0.25) is 4.79 Å². The number of methoxy groups -OCH3 is 1. The monoisotopic (exact) mass is 227 g/mol. The van der Waals surface area contributed by atoms with E-state index in [2.05, 4.69) is 4.74 Å². The summed E-state index contributed by atoms with van der Waals surface area (Å²) in [6, 6.07) is 0. The SMILES string of the molecule is C/C=C1\CN(C(=O)O)CCC1CC(=O)OC. The van der Waals surface area contributed by atoms with Crippen LogP contribution in [0.2, 0.25) is 0 Å². The van der Waals surface area contributed by atoms with E-state index in [1.54, 1.807) is 0 Å². The van der Waals surface area contributed by atoms with Crippen LogP contribution in [0.5, 0.6) is 0 Å². The average Bonchev–Trinajstić information content (AvgIpc) is 2.29. The molecule has 0 bridgehead atoms. The summed E-state index contributed by atoms with van der Waals surface area (Å²) in [5.41, 5.74) is 0.999. The summed E-state index contributed by atoms with van der Waals surface area (Å²) in [6.45, 7) is 2.74. The van der Waals surface area contributed by atoms with Crippen LogP contribution in [0, 0.1) is 5.92 Å². The van der Waals surface area contributed by atoms with Gasteiger partial charge in [-0.25, -0.2) is 4.79 Å². The van der Waals surface area contributed by atoms with E-state index < -0.39 is 6.09 Å². The third-order valence-corrected chi connectivity index (χ3v) is 2.93. The van der Waals surface area contributed by atoms with Crippen molar-refractivity contribution in [1.82, 2.24) is 4.90 Å². The Morgan fingerprint density at radius 3 is 2.81 bits per heavy atom. The number of nitrogens with zero attached hydrogens (tertiary/aromatic N) is 1. The maximum atomic E-state index is 11.2. The fourth-order valence-electron chi connectivity index (χ4n) is 1.93. The zero-order valence-electron chi connectivity index (χ0n) is 9.60. The predicted molar refractivity (Wildman–Crippen MR) is 58.1 cm³/mol. The maximum Gasteiger partial charge on any atom is 0.407 e. The Morgan fingerprint density at radius 1 is 1.62 bits per heavy atom. The van der Waals surface area contributed by atoms with Gasteiger partial charge in [0.1, 0.15) is 0 Å². The van der Waals surface area contributed by atoms with E-state index in [1.807, 2.05) is 13.0 Å². The highest BCUT2D eigenvalue weighted by Crippen LogP contribution is 2.26. The molecule has 1 heterocycles. The molecule has 0 aromatic heterocycles. The van der Waals surface area contributed by atoms with Crippen LogP contribution in [0.15, 0.2) is 11.6 Å². The van der Waals surface area contributed by atoms with Crippen LogP contribution < -0.4 is 0 Å². The van der Waals surface area contributed by atoms with Crippen molar-refractivity contribution in [2.45, 2.75) is 19.8 Å². The van der Waals surface area contributed by atoms with Crippen LogP contribution in [-0.2, 0) is 9.53 Å². The quantitative estimate of drug-likeness (QED) is 0.573. The molecule has 5 nitrogen and oxygen atoms in total. The molecular weight excluding hydrogens is 210 g/mol. The summed E-state index contributed by atoms with van der Waals surface area (Å²) in [7, 11) is 1.37. The van der Waals surface area contributed by atoms with E-state index in [4.69, 9.17) is 5.11 Å². The van der Waals surface area contributed by atoms with Crippen molar-refractivity contribution in [2.75, 3.05) is 20.2 Å². The molecule has 1 rings (SSSR count). The van der Waals surface area contributed by atoms with Crippen LogP contribution in [0.4, 0.5) is 4.79 Å². The number of carbonyl (C=O) groups excluding carboxylic acids is 1. The molecule has 1 aliphatic rings. The van der Waals surface area contributed by atoms with E-state index in [9.17, 15) is 9.59 Å². The molecule has 0 radical (unpaired) electrons. The molecule has 1 saturated heterocycles. The lowest BCUT2D eigenvalue weighted by Crippen LogP contribution is -2.39. The molecule has 0 saturated carbocycles. The van der Waals surface area contributed by atoms with Gasteiger partial charge in [-0.1, -0.05) is 11.6 Å². The van der Waals surface area contributed by atoms with Gasteiger partial charge in [0, 0.05) is 13.1 Å². The summed E-state index contributed by atoms with van der Waals surface area (Å²) in [5, 5.41) is 8.87. The van der Waals surface area contributed by atoms with Crippen LogP contribution in [-0.4, -0.2) is 42.3 Å². The van der Waals surface area contributed by atoms with E-state index in [0.29, 0.717) is 25.9 Å². The fourth-order valence-corrected chi connectivity index (χ4v) is 1.93. The molecule has 0 spiro atoms. The van der Waals surface area contributed by atoms with Crippen molar-refractivity contribution >= 4 is 12.1 Å². The van der Waals surface area contributed by atoms with Crippen LogP contribution in [0.3, 0.4) is 0 Å². The first-order chi connectivity index (χ1) is 7.58. The van der Waals surface area contributed by atoms with Gasteiger partial charge >= 0.3 is 12.1 Å². The Kier molecular flexibility index (Phi) is 4.34. The number of rotatable bonds is 2. The average molecular weight is 227 g/mol. The number of likely N-dealkylation sites (tertiary alicyclic amines) is 1. The molecule has 1 N–H and O–H groups in total. The van der Waals surface area contributed by atoms with Gasteiger partial charge < -0.3 is 14.7 Å². The number of esters is 1. The summed E-state index contributed by atoms with van der Waals surface area (Å²) >= 11 is 0. The lowest BCUT2D eigenvalue weighted by Gasteiger charge is -2.32. The van der Waals surface area contributed by atoms with Crippen LogP contribution in [0.25, 0.3) is 0 Å². The highest BCUT2D eigenvalue weighted by Gasteiger charge is 2.27. The molecule has 0 aromatic carbocycles. The van der Waals surface area contributed by atoms with Gasteiger partial charge in [-0.05, 0) is 19.3 Å². The highest BCUT2D eigenvalue weighted by atomic mass is 16.5. The van der Waals surface area contributed by atoms with Crippen LogP contribution >= 0.6 is 0 Å². The van der Waals surface area contributed by atoms with Crippen molar-refractivity contribution in [2.24, 2.45) is 5.92 Å². The summed E-state index contributed by atoms with van der Waals surface area (Å²) in [6.07, 6.45) is 2.00. The summed E-state index contributed by atoms with van der Waals surface area (Å²) in [4.78, 5) is 23.3. The zero-order chi connectivity index (χ0) is 12.1. The first kappa shape index (κ1) is 12.5. The molecule has 16 heavy (non-hydrogen) atoms. The molecule has 1 unspecified atom stereocenters. The van der Waals surface area contributed by atoms with Gasteiger partial charge in [0.15, 0.2) is 0 Å². The van der Waals surface area contributed by atoms with E-state index in [1.165, 1.54) is 12.0 Å². The number of amides is 1. The van der Waals surface area contributed by atoms with Crippen molar-refractivity contribution in [3.8, 4) is 0 Å². The number of carbonyl (C=O) groups is 2. The van der Waals surface area contributed by atoms with Crippen LogP contribution in [0.1, 0.15) is 19.8 Å². The maximum absolute atomic E-state index is 11.2. The largest absolute Gasteiger partial charge is 0.469 e. The predicted octanol–water partition coefficient (Wildman–Crippen LogP) is 1.50. The first-order valence-corrected chi connectivity index (χ1v) is 5.28. The third kappa shape index (κ3) is 2.98. The Labute approximate surface area is 94.7 Å². The molecule has 90 valence electrons. The van der Waals surface area contributed by atoms with Gasteiger partial charge in [0.25, 0.3) is 0 Å². The van der Waals surface area contributed by atoms with Crippen molar-refractivity contribution < 1.29 is 19.4 Å². The number of hydrogen-bond acceptors (Lipinski definition) is 3. The van der Waals surface area contributed by atoms with Crippen molar-refractivity contribution in [3.63, 3.8) is 0 Å². The second-order valence-electron chi connectivity index (χ2n) is 3.83. The summed E-state index contributed by atoms with van der Waals surface area (Å²) < 4.78 is 4.62. The number of ether oxygens (including phenoxy) is 1. The topological polar surface area (TPSA) is 66.8 Å². The van der Waals surface area contributed by atoms with Gasteiger partial charge in [0.2, 0.25) is 0 Å². The smallest absolute Gasteiger partial charge is 0.407 e. The minimum Gasteiger partial charge on any atom is -0.469 e. The Bertz CT molecular complexity index is 311. The molecule has 1 amide bonds. The zero-order valence-corrected chi connectivity index (χ0v) is 9.60. The summed E-state index contributed by atoms with van der Waals surface area (Å²) in [5.74, 6) is -0.124. The molecule has 5 heteroatoms. The molecule has 1 fully saturated rings. The molecule has 1 atom stereocenters. The Morgan fingerprint density at radius 2 is 2.31 bits per heavy atom. The lowest BCUT2D eigenvalue weighted by molar-refractivity contribution is -0.141. The minimum atomic E-state index is -0.907. The van der Waals surface area contributed by atoms with Gasteiger partial charge in [-0.15, -0.1) is 0 Å². The Balaban J connectivity index is 2.63. The van der Waals surface area contributed by atoms with E-state index >= 15 is 0 Å². The van der Waals surface area contributed by atoms with Gasteiger partial charge in [-0.2, -0.15) is 0 Å². The fraction of sp³-hybridized carbons (Fsp3) is 0.636. The van der Waals surface area contributed by atoms with Gasteiger partial charge in [0.05, 0.1) is 13.5 Å². The van der Waals surface area contributed by atoms with Crippen molar-refractivity contribution in [1.29, 1.82) is 0 Å². The van der Waals surface area contributed by atoms with Crippen molar-refractivity contribution in [3.05, 3.63) is 11.6 Å². The highest BCUT2D eigenvalue weighted by molar-refractivity contribution is 5.70. The second kappa shape index (κ2) is 5.53. The minimum absolute atomic E-state index is 0.119. The Hall–Kier alpha value is -1.52. The lowest BCUT2D eigenvalue weighted by atomic mass is 9.88. The molecular formula is C11H17NO4.